The summed E-state index contributed by atoms with van der Waals surface area (Å²) in [7, 11) is 0. The van der Waals surface area contributed by atoms with E-state index in [1.807, 2.05) is 0 Å². The molecule has 1 aromatic carbocycles. The van der Waals surface area contributed by atoms with E-state index in [-0.39, 0.29) is 5.82 Å². The Morgan fingerprint density at radius 1 is 1.21 bits per heavy atom. The van der Waals surface area contributed by atoms with Gasteiger partial charge in [-0.2, -0.15) is 0 Å². The van der Waals surface area contributed by atoms with Crippen LogP contribution in [0.25, 0.3) is 0 Å². The van der Waals surface area contributed by atoms with Crippen LogP contribution in [0.5, 0.6) is 0 Å². The third kappa shape index (κ3) is 1.67. The molecular formula is C11H9FO2. The Balaban J connectivity index is 2.32. The molecule has 0 aliphatic rings. The predicted octanol–water partition coefficient (Wildman–Crippen LogP) is 2.50. The molecule has 3 heteroatoms. The van der Waals surface area contributed by atoms with Crippen LogP contribution in [0.3, 0.4) is 0 Å². The smallest absolute Gasteiger partial charge is 0.123 e. The van der Waals surface area contributed by atoms with Crippen LogP contribution in [0.1, 0.15) is 17.2 Å². The SMILES string of the molecule is OC(c1ccoc1)c1cccc(F)c1. The minimum atomic E-state index is -0.829. The molecule has 14 heavy (non-hydrogen) atoms. The quantitative estimate of drug-likeness (QED) is 0.793. The standard InChI is InChI=1S/C11H9FO2/c12-10-3-1-2-8(6-10)11(13)9-4-5-14-7-9/h1-7,11,13H. The van der Waals surface area contributed by atoms with Crippen LogP contribution in [0, 0.1) is 5.82 Å². The minimum Gasteiger partial charge on any atom is -0.472 e. The van der Waals surface area contributed by atoms with Gasteiger partial charge < -0.3 is 9.52 Å². The van der Waals surface area contributed by atoms with E-state index in [4.69, 9.17) is 4.42 Å². The third-order valence-electron chi connectivity index (χ3n) is 2.02. The Morgan fingerprint density at radius 2 is 2.07 bits per heavy atom. The second-order valence-corrected chi connectivity index (χ2v) is 3.01. The maximum Gasteiger partial charge on any atom is 0.123 e. The highest BCUT2D eigenvalue weighted by Crippen LogP contribution is 2.22. The Bertz CT molecular complexity index is 409. The molecule has 1 unspecified atom stereocenters. The summed E-state index contributed by atoms with van der Waals surface area (Å²) < 4.78 is 17.7. The van der Waals surface area contributed by atoms with E-state index >= 15 is 0 Å². The Labute approximate surface area is 80.6 Å². The molecule has 72 valence electrons. The van der Waals surface area contributed by atoms with Crippen molar-refractivity contribution in [3.8, 4) is 0 Å². The van der Waals surface area contributed by atoms with Gasteiger partial charge in [0.2, 0.25) is 0 Å². The van der Waals surface area contributed by atoms with Crippen LogP contribution in [0.15, 0.2) is 47.3 Å². The summed E-state index contributed by atoms with van der Waals surface area (Å²) in [4.78, 5) is 0. The molecule has 2 aromatic rings. The van der Waals surface area contributed by atoms with Gasteiger partial charge in [-0.05, 0) is 23.8 Å². The van der Waals surface area contributed by atoms with E-state index in [9.17, 15) is 9.50 Å². The molecular weight excluding hydrogens is 183 g/mol. The molecule has 0 spiro atoms. The van der Waals surface area contributed by atoms with Gasteiger partial charge in [0.25, 0.3) is 0 Å². The number of furan rings is 1. The molecule has 0 saturated heterocycles. The second-order valence-electron chi connectivity index (χ2n) is 3.01. The van der Waals surface area contributed by atoms with Crippen molar-refractivity contribution in [2.45, 2.75) is 6.10 Å². The Morgan fingerprint density at radius 3 is 2.71 bits per heavy atom. The largest absolute Gasteiger partial charge is 0.472 e. The molecule has 1 atom stereocenters. The van der Waals surface area contributed by atoms with Crippen molar-refractivity contribution in [3.05, 3.63) is 59.8 Å². The molecule has 1 aromatic heterocycles. The summed E-state index contributed by atoms with van der Waals surface area (Å²) in [5.74, 6) is -0.356. The van der Waals surface area contributed by atoms with Gasteiger partial charge in [0.05, 0.1) is 12.5 Å². The Kier molecular flexibility index (Phi) is 2.33. The number of hydrogen-bond donors (Lipinski definition) is 1. The fourth-order valence-corrected chi connectivity index (χ4v) is 1.30. The van der Waals surface area contributed by atoms with Gasteiger partial charge in [-0.15, -0.1) is 0 Å². The minimum absolute atomic E-state index is 0.356. The fraction of sp³-hybridized carbons (Fsp3) is 0.0909. The second kappa shape index (κ2) is 3.64. The molecule has 0 aliphatic carbocycles. The summed E-state index contributed by atoms with van der Waals surface area (Å²) in [6.07, 6.45) is 2.08. The lowest BCUT2D eigenvalue weighted by atomic mass is 10.0. The van der Waals surface area contributed by atoms with Gasteiger partial charge in [0, 0.05) is 5.56 Å². The zero-order valence-electron chi connectivity index (χ0n) is 7.35. The normalized spacial score (nSPS) is 12.7. The van der Waals surface area contributed by atoms with Crippen molar-refractivity contribution in [1.29, 1.82) is 0 Å². The van der Waals surface area contributed by atoms with E-state index in [1.165, 1.54) is 24.7 Å². The van der Waals surface area contributed by atoms with E-state index in [0.717, 1.165) is 0 Å². The lowest BCUT2D eigenvalue weighted by Gasteiger charge is -2.07. The van der Waals surface area contributed by atoms with Gasteiger partial charge >= 0.3 is 0 Å². The zero-order chi connectivity index (χ0) is 9.97. The first kappa shape index (κ1) is 8.97. The summed E-state index contributed by atoms with van der Waals surface area (Å²) in [5, 5.41) is 9.78. The molecule has 0 fully saturated rings. The van der Waals surface area contributed by atoms with Crippen molar-refractivity contribution in [2.24, 2.45) is 0 Å². The first-order valence-corrected chi connectivity index (χ1v) is 4.23. The average Bonchev–Trinajstić information content (AvgIpc) is 2.69. The van der Waals surface area contributed by atoms with E-state index < -0.39 is 6.10 Å². The molecule has 0 saturated carbocycles. The van der Waals surface area contributed by atoms with Crippen molar-refractivity contribution in [2.75, 3.05) is 0 Å². The van der Waals surface area contributed by atoms with Crippen molar-refractivity contribution in [1.82, 2.24) is 0 Å². The van der Waals surface area contributed by atoms with Crippen LogP contribution in [0.2, 0.25) is 0 Å². The van der Waals surface area contributed by atoms with Gasteiger partial charge in [-0.25, -0.2) is 4.39 Å². The molecule has 1 N–H and O–H groups in total. The molecule has 0 bridgehead atoms. The zero-order valence-corrected chi connectivity index (χ0v) is 7.35. The number of hydrogen-bond acceptors (Lipinski definition) is 2. The molecule has 1 heterocycles. The topological polar surface area (TPSA) is 33.4 Å². The summed E-state index contributed by atoms with van der Waals surface area (Å²) in [6.45, 7) is 0. The Hall–Kier alpha value is -1.61. The van der Waals surface area contributed by atoms with Crippen LogP contribution in [-0.2, 0) is 0 Å². The number of rotatable bonds is 2. The van der Waals surface area contributed by atoms with Crippen LogP contribution >= 0.6 is 0 Å². The lowest BCUT2D eigenvalue weighted by Crippen LogP contribution is -1.97. The van der Waals surface area contributed by atoms with Crippen LogP contribution in [0.4, 0.5) is 4.39 Å². The molecule has 2 rings (SSSR count). The predicted molar refractivity (Wildman–Crippen MR) is 49.2 cm³/mol. The summed E-state index contributed by atoms with van der Waals surface area (Å²) >= 11 is 0. The summed E-state index contributed by atoms with van der Waals surface area (Å²) in [5.41, 5.74) is 1.14. The molecule has 2 nitrogen and oxygen atoms in total. The van der Waals surface area contributed by atoms with Gasteiger partial charge in [0.1, 0.15) is 11.9 Å². The first-order valence-electron chi connectivity index (χ1n) is 4.23. The van der Waals surface area contributed by atoms with Gasteiger partial charge in [-0.1, -0.05) is 12.1 Å². The maximum absolute atomic E-state index is 12.8. The van der Waals surface area contributed by atoms with E-state index in [1.54, 1.807) is 18.2 Å². The average molecular weight is 192 g/mol. The monoisotopic (exact) mass is 192 g/mol. The van der Waals surface area contributed by atoms with Crippen LogP contribution in [-0.4, -0.2) is 5.11 Å². The lowest BCUT2D eigenvalue weighted by molar-refractivity contribution is 0.218. The first-order chi connectivity index (χ1) is 6.77. The van der Waals surface area contributed by atoms with E-state index in [0.29, 0.717) is 11.1 Å². The fourth-order valence-electron chi connectivity index (χ4n) is 1.30. The van der Waals surface area contributed by atoms with Gasteiger partial charge in [-0.3, -0.25) is 0 Å². The van der Waals surface area contributed by atoms with Crippen molar-refractivity contribution in [3.63, 3.8) is 0 Å². The van der Waals surface area contributed by atoms with Crippen molar-refractivity contribution >= 4 is 0 Å². The van der Waals surface area contributed by atoms with Crippen molar-refractivity contribution < 1.29 is 13.9 Å². The highest BCUT2D eigenvalue weighted by molar-refractivity contribution is 5.27. The third-order valence-corrected chi connectivity index (χ3v) is 2.02. The van der Waals surface area contributed by atoms with Gasteiger partial charge in [0.15, 0.2) is 0 Å². The number of aliphatic hydroxyl groups is 1. The van der Waals surface area contributed by atoms with E-state index in [2.05, 4.69) is 0 Å². The van der Waals surface area contributed by atoms with Crippen LogP contribution < -0.4 is 0 Å². The highest BCUT2D eigenvalue weighted by atomic mass is 19.1. The molecule has 0 amide bonds. The number of aliphatic hydroxyl groups excluding tert-OH is 1. The molecule has 0 aliphatic heterocycles. The highest BCUT2D eigenvalue weighted by Gasteiger charge is 2.11. The molecule has 0 radical (unpaired) electrons. The summed E-state index contributed by atoms with van der Waals surface area (Å²) in [6, 6.07) is 7.52. The number of halogens is 1. The number of benzene rings is 1. The maximum atomic E-state index is 12.8.